The standard InChI is InChI=1S/C27H25NO4S.Na/c1-15-7-8-21(31-14-17-12-27(13-17)9-10-32-27)23-19(26(29)30)11-20(28-24(15)23)25-16(2)18-5-3-4-6-22(18)33-25;/h3-8,11,17H,9-10,12-14H2,1-2H3,(H,29,30);/q;+1/p-1. The minimum absolute atomic E-state index is 0. The molecule has 4 aromatic rings. The molecule has 0 atom stereocenters. The van der Waals surface area contributed by atoms with Crippen LogP contribution in [0.2, 0.25) is 0 Å². The van der Waals surface area contributed by atoms with Gasteiger partial charge in [0.05, 0.1) is 46.3 Å². The molecule has 1 aliphatic heterocycles. The van der Waals surface area contributed by atoms with E-state index in [-0.39, 0.29) is 40.7 Å². The molecule has 1 saturated heterocycles. The predicted molar refractivity (Wildman–Crippen MR) is 128 cm³/mol. The number of pyridine rings is 1. The van der Waals surface area contributed by atoms with Gasteiger partial charge in [0.1, 0.15) is 5.75 Å². The minimum atomic E-state index is -1.22. The van der Waals surface area contributed by atoms with E-state index >= 15 is 0 Å². The van der Waals surface area contributed by atoms with Crippen LogP contribution in [0.3, 0.4) is 0 Å². The molecule has 2 aliphatic rings. The molecule has 1 aliphatic carbocycles. The van der Waals surface area contributed by atoms with Gasteiger partial charge in [-0.2, -0.15) is 0 Å². The zero-order chi connectivity index (χ0) is 22.7. The van der Waals surface area contributed by atoms with E-state index in [1.54, 1.807) is 17.4 Å². The van der Waals surface area contributed by atoms with Crippen LogP contribution in [-0.2, 0) is 4.74 Å². The van der Waals surface area contributed by atoms with Gasteiger partial charge in [0, 0.05) is 10.3 Å². The molecular weight excluding hydrogens is 457 g/mol. The van der Waals surface area contributed by atoms with Crippen LogP contribution >= 0.6 is 11.3 Å². The summed E-state index contributed by atoms with van der Waals surface area (Å²) in [4.78, 5) is 18.2. The SMILES string of the molecule is Cc1c(-c2cc(C(=O)[O-])c3c(OCC4CC5(CCO5)C4)ccc(C)c3n2)sc2ccccc12.[Na+]. The fraction of sp³-hybridized carbons (Fsp3) is 0.333. The van der Waals surface area contributed by atoms with Gasteiger partial charge in [-0.15, -0.1) is 11.3 Å². The van der Waals surface area contributed by atoms with E-state index in [1.165, 1.54) is 0 Å². The number of carbonyl (C=O) groups excluding carboxylic acids is 1. The molecule has 1 saturated carbocycles. The Morgan fingerprint density at radius 2 is 2.00 bits per heavy atom. The van der Waals surface area contributed by atoms with Gasteiger partial charge >= 0.3 is 29.6 Å². The molecule has 0 N–H and O–H groups in total. The molecule has 2 fully saturated rings. The number of rotatable bonds is 5. The number of hydrogen-bond acceptors (Lipinski definition) is 6. The Kier molecular flexibility index (Phi) is 6.23. The number of carbonyl (C=O) groups is 1. The second-order valence-electron chi connectivity index (χ2n) is 9.37. The molecule has 5 nitrogen and oxygen atoms in total. The summed E-state index contributed by atoms with van der Waals surface area (Å²) in [6.45, 7) is 5.41. The summed E-state index contributed by atoms with van der Waals surface area (Å²) in [7, 11) is 0. The molecule has 0 amide bonds. The third kappa shape index (κ3) is 3.86. The normalized spacial score (nSPS) is 21.2. The molecule has 0 radical (unpaired) electrons. The molecular formula is C27H24NNaO4S. The fourth-order valence-electron chi connectivity index (χ4n) is 5.29. The van der Waals surface area contributed by atoms with Gasteiger partial charge < -0.3 is 19.4 Å². The van der Waals surface area contributed by atoms with Crippen molar-refractivity contribution < 1.29 is 48.9 Å². The third-order valence-electron chi connectivity index (χ3n) is 7.18. The Bertz CT molecular complexity index is 1420. The number of benzene rings is 2. The Morgan fingerprint density at radius 1 is 1.24 bits per heavy atom. The summed E-state index contributed by atoms with van der Waals surface area (Å²) >= 11 is 1.63. The number of carboxylic acid groups (broad SMARTS) is 1. The van der Waals surface area contributed by atoms with Gasteiger partial charge in [-0.25, -0.2) is 4.98 Å². The second kappa shape index (κ2) is 8.92. The van der Waals surface area contributed by atoms with Crippen LogP contribution in [0.4, 0.5) is 0 Å². The number of hydrogen-bond donors (Lipinski definition) is 0. The Labute approximate surface area is 224 Å². The van der Waals surface area contributed by atoms with Gasteiger partial charge in [0.15, 0.2) is 0 Å². The average Bonchev–Trinajstić information content (AvgIpc) is 3.09. The van der Waals surface area contributed by atoms with Crippen molar-refractivity contribution >= 4 is 38.3 Å². The first-order chi connectivity index (χ1) is 15.9. The van der Waals surface area contributed by atoms with Crippen LogP contribution in [0.15, 0.2) is 42.5 Å². The number of aromatic carboxylic acids is 1. The quantitative estimate of drug-likeness (QED) is 0.408. The van der Waals surface area contributed by atoms with Crippen molar-refractivity contribution in [2.45, 2.75) is 38.7 Å². The molecule has 7 heteroatoms. The first-order valence-corrected chi connectivity index (χ1v) is 12.2. The summed E-state index contributed by atoms with van der Waals surface area (Å²) in [5.74, 6) is -0.234. The zero-order valence-corrected chi connectivity index (χ0v) is 22.5. The first kappa shape index (κ1) is 23.8. The fourth-order valence-corrected chi connectivity index (χ4v) is 6.46. The Hall–Kier alpha value is -1.96. The van der Waals surface area contributed by atoms with Crippen molar-refractivity contribution in [2.75, 3.05) is 13.2 Å². The maximum absolute atomic E-state index is 12.2. The molecule has 2 aromatic heterocycles. The maximum atomic E-state index is 12.2. The molecule has 0 unspecified atom stereocenters. The maximum Gasteiger partial charge on any atom is 1.00 e. The van der Waals surface area contributed by atoms with Crippen molar-refractivity contribution in [1.82, 2.24) is 4.98 Å². The Balaban J connectivity index is 0.00000241. The summed E-state index contributed by atoms with van der Waals surface area (Å²) in [6.07, 6.45) is 3.16. The third-order valence-corrected chi connectivity index (χ3v) is 8.48. The Morgan fingerprint density at radius 3 is 2.68 bits per heavy atom. The first-order valence-electron chi connectivity index (χ1n) is 11.4. The van der Waals surface area contributed by atoms with Crippen LogP contribution in [-0.4, -0.2) is 29.8 Å². The largest absolute Gasteiger partial charge is 1.00 e. The number of nitrogens with zero attached hydrogens (tertiary/aromatic N) is 1. The number of thiophene rings is 1. The smallest absolute Gasteiger partial charge is 0.545 e. The van der Waals surface area contributed by atoms with E-state index in [0.717, 1.165) is 52.0 Å². The molecule has 168 valence electrons. The summed E-state index contributed by atoms with van der Waals surface area (Å²) in [5.41, 5.74) is 3.54. The molecule has 1 spiro atoms. The van der Waals surface area contributed by atoms with Gasteiger partial charge in [0.2, 0.25) is 0 Å². The van der Waals surface area contributed by atoms with Gasteiger partial charge in [0.25, 0.3) is 0 Å². The van der Waals surface area contributed by atoms with Crippen LogP contribution in [0.1, 0.15) is 40.7 Å². The number of aryl methyl sites for hydroxylation is 2. The van der Waals surface area contributed by atoms with E-state index < -0.39 is 5.97 Å². The number of fused-ring (bicyclic) bond motifs is 2. The molecule has 34 heavy (non-hydrogen) atoms. The van der Waals surface area contributed by atoms with Crippen molar-refractivity contribution in [2.24, 2.45) is 5.92 Å². The van der Waals surface area contributed by atoms with Crippen molar-refractivity contribution in [3.63, 3.8) is 0 Å². The summed E-state index contributed by atoms with van der Waals surface area (Å²) in [5, 5.41) is 13.9. The topological polar surface area (TPSA) is 71.5 Å². The number of aromatic nitrogens is 1. The van der Waals surface area contributed by atoms with Crippen LogP contribution in [0.5, 0.6) is 5.75 Å². The van der Waals surface area contributed by atoms with Gasteiger partial charge in [-0.05, 0) is 73.7 Å². The number of carboxylic acids is 1. The summed E-state index contributed by atoms with van der Waals surface area (Å²) < 4.78 is 13.0. The molecule has 6 rings (SSSR count). The van der Waals surface area contributed by atoms with E-state index in [9.17, 15) is 9.90 Å². The van der Waals surface area contributed by atoms with Crippen LogP contribution in [0.25, 0.3) is 31.6 Å². The minimum Gasteiger partial charge on any atom is -0.545 e. The zero-order valence-electron chi connectivity index (χ0n) is 19.6. The van der Waals surface area contributed by atoms with E-state index in [2.05, 4.69) is 19.1 Å². The van der Waals surface area contributed by atoms with Crippen LogP contribution in [0, 0.1) is 19.8 Å². The van der Waals surface area contributed by atoms with Gasteiger partial charge in [-0.3, -0.25) is 0 Å². The van der Waals surface area contributed by atoms with E-state index in [4.69, 9.17) is 14.5 Å². The molecule has 3 heterocycles. The molecule has 0 bridgehead atoms. The predicted octanol–water partition coefficient (Wildman–Crippen LogP) is 2.05. The van der Waals surface area contributed by atoms with Crippen molar-refractivity contribution in [3.05, 3.63) is 59.2 Å². The van der Waals surface area contributed by atoms with Crippen molar-refractivity contribution in [3.8, 4) is 16.3 Å². The average molecular weight is 482 g/mol. The van der Waals surface area contributed by atoms with Crippen molar-refractivity contribution in [1.29, 1.82) is 0 Å². The molecule has 2 aromatic carbocycles. The second-order valence-corrected chi connectivity index (χ2v) is 10.4. The monoisotopic (exact) mass is 481 g/mol. The van der Waals surface area contributed by atoms with Crippen LogP contribution < -0.4 is 39.4 Å². The summed E-state index contributed by atoms with van der Waals surface area (Å²) in [6, 6.07) is 13.6. The number of ether oxygens (including phenoxy) is 2. The van der Waals surface area contributed by atoms with E-state index in [1.807, 2.05) is 31.2 Å². The van der Waals surface area contributed by atoms with Gasteiger partial charge in [-0.1, -0.05) is 24.3 Å². The van der Waals surface area contributed by atoms with E-state index in [0.29, 0.717) is 34.9 Å².